The van der Waals surface area contributed by atoms with E-state index in [2.05, 4.69) is 13.8 Å². The van der Waals surface area contributed by atoms with Crippen LogP contribution in [-0.4, -0.2) is 34.5 Å². The summed E-state index contributed by atoms with van der Waals surface area (Å²) in [6.45, 7) is 7.19. The third-order valence-electron chi connectivity index (χ3n) is 4.15. The van der Waals surface area contributed by atoms with Crippen LogP contribution in [0.4, 0.5) is 0 Å². The first kappa shape index (κ1) is 21.1. The van der Waals surface area contributed by atoms with Crippen molar-refractivity contribution in [2.24, 2.45) is 11.8 Å². The molecule has 26 heavy (non-hydrogen) atoms. The van der Waals surface area contributed by atoms with Gasteiger partial charge in [0.15, 0.2) is 6.29 Å². The van der Waals surface area contributed by atoms with Gasteiger partial charge in [-0.1, -0.05) is 43.7 Å². The van der Waals surface area contributed by atoms with Crippen molar-refractivity contribution in [1.82, 2.24) is 0 Å². The van der Waals surface area contributed by atoms with Crippen LogP contribution in [0.25, 0.3) is 0 Å². The minimum absolute atomic E-state index is 0.0478. The molecule has 0 radical (unpaired) electrons. The zero-order chi connectivity index (χ0) is 19.0. The van der Waals surface area contributed by atoms with Gasteiger partial charge < -0.3 is 9.47 Å². The van der Waals surface area contributed by atoms with Crippen molar-refractivity contribution in [3.8, 4) is 0 Å². The summed E-state index contributed by atoms with van der Waals surface area (Å²) in [7, 11) is -3.77. The summed E-state index contributed by atoms with van der Waals surface area (Å²) in [6.07, 6.45) is 6.84. The van der Waals surface area contributed by atoms with Crippen LogP contribution in [0.1, 0.15) is 38.7 Å². The average molecular weight is 383 g/mol. The molecular weight excluding hydrogens is 352 g/mol. The number of rotatable bonds is 9. The molecule has 146 valence electrons. The van der Waals surface area contributed by atoms with Crippen LogP contribution in [0.2, 0.25) is 0 Å². The first-order valence-corrected chi connectivity index (χ1v) is 10.7. The minimum atomic E-state index is -3.77. The molecule has 1 aliphatic rings. The van der Waals surface area contributed by atoms with E-state index in [4.69, 9.17) is 13.7 Å². The molecule has 0 spiro atoms. The molecule has 0 aromatic heterocycles. The fourth-order valence-corrected chi connectivity index (χ4v) is 3.52. The van der Waals surface area contributed by atoms with E-state index < -0.39 is 10.1 Å². The molecule has 5 nitrogen and oxygen atoms in total. The van der Waals surface area contributed by atoms with Gasteiger partial charge in [0, 0.05) is 12.5 Å². The summed E-state index contributed by atoms with van der Waals surface area (Å²) in [6, 6.07) is 6.65. The highest BCUT2D eigenvalue weighted by atomic mass is 32.2. The van der Waals surface area contributed by atoms with Crippen molar-refractivity contribution < 1.29 is 22.1 Å². The SMILES string of the molecule is Cc1ccc(S(=O)(=O)OC[C@H](/C=C/C(C)C)COC2CCCCO2)cc1. The van der Waals surface area contributed by atoms with Gasteiger partial charge in [0.1, 0.15) is 0 Å². The number of aryl methyl sites for hydroxylation is 1. The normalized spacial score (nSPS) is 19.9. The van der Waals surface area contributed by atoms with Gasteiger partial charge in [0.25, 0.3) is 10.1 Å². The van der Waals surface area contributed by atoms with Crippen LogP contribution in [0.3, 0.4) is 0 Å². The molecule has 0 bridgehead atoms. The third kappa shape index (κ3) is 7.19. The van der Waals surface area contributed by atoms with E-state index in [1.54, 1.807) is 24.3 Å². The Kier molecular flexibility index (Phi) is 8.28. The monoisotopic (exact) mass is 382 g/mol. The number of hydrogen-bond donors (Lipinski definition) is 0. The van der Waals surface area contributed by atoms with E-state index >= 15 is 0 Å². The number of allylic oxidation sites excluding steroid dienone is 1. The summed E-state index contributed by atoms with van der Waals surface area (Å²) in [5, 5.41) is 0. The van der Waals surface area contributed by atoms with Gasteiger partial charge >= 0.3 is 0 Å². The Morgan fingerprint density at radius 1 is 1.15 bits per heavy atom. The summed E-state index contributed by atoms with van der Waals surface area (Å²) >= 11 is 0. The largest absolute Gasteiger partial charge is 0.353 e. The van der Waals surface area contributed by atoms with Crippen LogP contribution >= 0.6 is 0 Å². The number of ether oxygens (including phenoxy) is 2. The maximum atomic E-state index is 12.4. The summed E-state index contributed by atoms with van der Waals surface area (Å²) in [5.41, 5.74) is 1.00. The maximum absolute atomic E-state index is 12.4. The van der Waals surface area contributed by atoms with Crippen molar-refractivity contribution in [1.29, 1.82) is 0 Å². The van der Waals surface area contributed by atoms with Gasteiger partial charge in [-0.3, -0.25) is 4.18 Å². The second-order valence-corrected chi connectivity index (χ2v) is 8.69. The molecule has 2 rings (SSSR count). The Bertz CT molecular complexity index is 658. The fraction of sp³-hybridized carbons (Fsp3) is 0.600. The van der Waals surface area contributed by atoms with Crippen molar-refractivity contribution in [2.45, 2.75) is 51.2 Å². The minimum Gasteiger partial charge on any atom is -0.353 e. The molecule has 0 aliphatic carbocycles. The van der Waals surface area contributed by atoms with E-state index in [1.165, 1.54) is 0 Å². The first-order chi connectivity index (χ1) is 12.4. The second-order valence-electron chi connectivity index (χ2n) is 7.07. The lowest BCUT2D eigenvalue weighted by Crippen LogP contribution is -2.26. The van der Waals surface area contributed by atoms with E-state index in [0.29, 0.717) is 12.5 Å². The quantitative estimate of drug-likeness (QED) is 0.476. The zero-order valence-electron chi connectivity index (χ0n) is 15.9. The molecule has 0 amide bonds. The average Bonchev–Trinajstić information content (AvgIpc) is 2.62. The van der Waals surface area contributed by atoms with Crippen molar-refractivity contribution in [3.63, 3.8) is 0 Å². The molecule has 1 saturated heterocycles. The lowest BCUT2D eigenvalue weighted by atomic mass is 10.1. The lowest BCUT2D eigenvalue weighted by Gasteiger charge is -2.24. The van der Waals surface area contributed by atoms with Crippen LogP contribution in [-0.2, 0) is 23.8 Å². The van der Waals surface area contributed by atoms with E-state index in [1.807, 2.05) is 19.1 Å². The Morgan fingerprint density at radius 2 is 1.88 bits per heavy atom. The molecular formula is C20H30O5S. The highest BCUT2D eigenvalue weighted by molar-refractivity contribution is 7.86. The van der Waals surface area contributed by atoms with Gasteiger partial charge in [-0.15, -0.1) is 0 Å². The topological polar surface area (TPSA) is 61.8 Å². The van der Waals surface area contributed by atoms with Crippen LogP contribution in [0, 0.1) is 18.8 Å². The molecule has 1 heterocycles. The predicted octanol–water partition coefficient (Wildman–Crippen LogP) is 4.07. The van der Waals surface area contributed by atoms with Crippen LogP contribution in [0.15, 0.2) is 41.3 Å². The third-order valence-corrected chi connectivity index (χ3v) is 5.45. The fourth-order valence-electron chi connectivity index (χ4n) is 2.56. The van der Waals surface area contributed by atoms with Gasteiger partial charge in [0.2, 0.25) is 0 Å². The number of benzene rings is 1. The van der Waals surface area contributed by atoms with Crippen LogP contribution < -0.4 is 0 Å². The molecule has 1 aromatic carbocycles. The zero-order valence-corrected chi connectivity index (χ0v) is 16.7. The highest BCUT2D eigenvalue weighted by Gasteiger charge is 2.20. The molecule has 1 aromatic rings. The molecule has 1 fully saturated rings. The molecule has 1 aliphatic heterocycles. The summed E-state index contributed by atoms with van der Waals surface area (Å²) in [4.78, 5) is 0.172. The van der Waals surface area contributed by atoms with E-state index in [0.717, 1.165) is 31.4 Å². The van der Waals surface area contributed by atoms with Gasteiger partial charge in [-0.25, -0.2) is 0 Å². The van der Waals surface area contributed by atoms with Gasteiger partial charge in [0.05, 0.1) is 18.1 Å². The molecule has 0 saturated carbocycles. The second kappa shape index (κ2) is 10.2. The van der Waals surface area contributed by atoms with Crippen molar-refractivity contribution in [2.75, 3.05) is 19.8 Å². The number of hydrogen-bond acceptors (Lipinski definition) is 5. The summed E-state index contributed by atoms with van der Waals surface area (Å²) < 4.78 is 41.4. The maximum Gasteiger partial charge on any atom is 0.296 e. The van der Waals surface area contributed by atoms with E-state index in [-0.39, 0.29) is 23.7 Å². The standard InChI is InChI=1S/C20H30O5S/c1-16(2)7-10-18(14-24-20-6-4-5-13-23-20)15-25-26(21,22)19-11-8-17(3)9-12-19/h7-12,16,18,20H,4-6,13-15H2,1-3H3/b10-7+/t18-,20?/m1/s1. The Hall–Kier alpha value is -1.21. The predicted molar refractivity (Wildman–Crippen MR) is 101 cm³/mol. The van der Waals surface area contributed by atoms with E-state index in [9.17, 15) is 8.42 Å². The van der Waals surface area contributed by atoms with Gasteiger partial charge in [-0.2, -0.15) is 8.42 Å². The van der Waals surface area contributed by atoms with Gasteiger partial charge in [-0.05, 0) is 44.2 Å². The summed E-state index contributed by atoms with van der Waals surface area (Å²) in [5.74, 6) is 0.222. The smallest absolute Gasteiger partial charge is 0.296 e. The van der Waals surface area contributed by atoms with Crippen molar-refractivity contribution in [3.05, 3.63) is 42.0 Å². The first-order valence-electron chi connectivity index (χ1n) is 9.24. The molecule has 6 heteroatoms. The Balaban J connectivity index is 1.95. The van der Waals surface area contributed by atoms with Crippen LogP contribution in [0.5, 0.6) is 0 Å². The Labute approximate surface area is 157 Å². The molecule has 2 atom stereocenters. The van der Waals surface area contributed by atoms with Crippen molar-refractivity contribution >= 4 is 10.1 Å². The molecule has 1 unspecified atom stereocenters. The molecule has 0 N–H and O–H groups in total. The Morgan fingerprint density at radius 3 is 2.50 bits per heavy atom. The highest BCUT2D eigenvalue weighted by Crippen LogP contribution is 2.18. The lowest BCUT2D eigenvalue weighted by molar-refractivity contribution is -0.167.